The zero-order chi connectivity index (χ0) is 17.3. The molecule has 1 heterocycles. The number of fused-ring (bicyclic) bond motifs is 3. The molecule has 0 aliphatic carbocycles. The van der Waals surface area contributed by atoms with E-state index in [2.05, 4.69) is 62.1 Å². The Hall–Kier alpha value is -2.03. The third-order valence-corrected chi connectivity index (χ3v) is 5.46. The minimum absolute atomic E-state index is 0.0835. The van der Waals surface area contributed by atoms with Gasteiger partial charge in [-0.25, -0.2) is 0 Å². The number of ether oxygens (including phenoxy) is 1. The molecule has 3 nitrogen and oxygen atoms in total. The number of esters is 1. The molecule has 3 rings (SSSR count). The van der Waals surface area contributed by atoms with Gasteiger partial charge in [0.05, 0.1) is 6.61 Å². The van der Waals surface area contributed by atoms with Crippen molar-refractivity contribution in [1.29, 1.82) is 0 Å². The van der Waals surface area contributed by atoms with Gasteiger partial charge in [-0.2, -0.15) is 0 Å². The molecule has 0 saturated carbocycles. The lowest BCUT2D eigenvalue weighted by Gasteiger charge is -2.31. The van der Waals surface area contributed by atoms with Gasteiger partial charge in [-0.1, -0.05) is 44.2 Å². The summed E-state index contributed by atoms with van der Waals surface area (Å²) >= 11 is 0. The highest BCUT2D eigenvalue weighted by atomic mass is 16.5. The van der Waals surface area contributed by atoms with Crippen LogP contribution in [-0.2, 0) is 14.9 Å². The van der Waals surface area contributed by atoms with E-state index >= 15 is 0 Å². The number of nitrogens with zero attached hydrogens (tertiary/aromatic N) is 1. The van der Waals surface area contributed by atoms with Crippen molar-refractivity contribution in [2.75, 3.05) is 18.1 Å². The van der Waals surface area contributed by atoms with Crippen LogP contribution in [0.25, 0.3) is 10.8 Å². The normalized spacial score (nSPS) is 18.7. The Bertz CT molecular complexity index is 751. The lowest BCUT2D eigenvalue weighted by Crippen LogP contribution is -2.39. The summed E-state index contributed by atoms with van der Waals surface area (Å²) in [7, 11) is 0. The van der Waals surface area contributed by atoms with Gasteiger partial charge in [-0.3, -0.25) is 4.79 Å². The van der Waals surface area contributed by atoms with Crippen LogP contribution in [0.4, 0.5) is 5.69 Å². The molecule has 24 heavy (non-hydrogen) atoms. The van der Waals surface area contributed by atoms with Crippen LogP contribution in [0.2, 0.25) is 0 Å². The maximum atomic E-state index is 11.6. The second-order valence-corrected chi connectivity index (χ2v) is 7.18. The zero-order valence-corrected chi connectivity index (χ0v) is 15.1. The summed E-state index contributed by atoms with van der Waals surface area (Å²) in [4.78, 5) is 14.1. The summed E-state index contributed by atoms with van der Waals surface area (Å²) < 4.78 is 5.04. The minimum Gasteiger partial charge on any atom is -0.466 e. The summed E-state index contributed by atoms with van der Waals surface area (Å²) in [6.07, 6.45) is 1.31. The number of hydrogen-bond donors (Lipinski definition) is 0. The smallest absolute Gasteiger partial charge is 0.305 e. The molecule has 1 unspecified atom stereocenters. The number of anilines is 1. The Morgan fingerprint density at radius 1 is 1.21 bits per heavy atom. The number of carbonyl (C=O) groups excluding carboxylic acids is 1. The van der Waals surface area contributed by atoms with Crippen LogP contribution in [-0.4, -0.2) is 25.2 Å². The molecule has 1 atom stereocenters. The van der Waals surface area contributed by atoms with Crippen LogP contribution < -0.4 is 4.90 Å². The first-order chi connectivity index (χ1) is 11.5. The molecule has 0 amide bonds. The standard InChI is InChI=1S/C21H27NO2/c1-5-24-19(23)11-8-14-22-15(2)21(3,4)20-17-10-7-6-9-16(17)12-13-18(20)22/h6-7,9-10,12-13,15H,5,8,11,14H2,1-4H3. The third kappa shape index (κ3) is 2.77. The molecule has 0 aromatic heterocycles. The fraction of sp³-hybridized carbons (Fsp3) is 0.476. The Kier molecular flexibility index (Phi) is 4.53. The molecule has 0 saturated heterocycles. The molecule has 3 heteroatoms. The van der Waals surface area contributed by atoms with Crippen LogP contribution in [0, 0.1) is 0 Å². The highest BCUT2D eigenvalue weighted by molar-refractivity contribution is 5.93. The Balaban J connectivity index is 1.89. The van der Waals surface area contributed by atoms with E-state index in [1.54, 1.807) is 0 Å². The molecule has 128 valence electrons. The monoisotopic (exact) mass is 325 g/mol. The van der Waals surface area contributed by atoms with Crippen molar-refractivity contribution in [1.82, 2.24) is 0 Å². The van der Waals surface area contributed by atoms with Crippen molar-refractivity contribution in [2.24, 2.45) is 0 Å². The predicted octanol–water partition coefficient (Wildman–Crippen LogP) is 4.67. The van der Waals surface area contributed by atoms with Crippen molar-refractivity contribution < 1.29 is 9.53 Å². The molecule has 2 aromatic carbocycles. The van der Waals surface area contributed by atoms with Crippen molar-refractivity contribution >= 4 is 22.4 Å². The number of hydrogen-bond acceptors (Lipinski definition) is 3. The Morgan fingerprint density at radius 2 is 1.96 bits per heavy atom. The molecule has 2 aromatic rings. The Labute approximate surface area is 144 Å². The number of benzene rings is 2. The second-order valence-electron chi connectivity index (χ2n) is 7.18. The average molecular weight is 325 g/mol. The number of rotatable bonds is 5. The summed E-state index contributed by atoms with van der Waals surface area (Å²) in [6.45, 7) is 10.1. The molecule has 1 aliphatic heterocycles. The highest BCUT2D eigenvalue weighted by Crippen LogP contribution is 2.48. The van der Waals surface area contributed by atoms with Crippen LogP contribution >= 0.6 is 0 Å². The minimum atomic E-state index is -0.0951. The van der Waals surface area contributed by atoms with Crippen LogP contribution in [0.5, 0.6) is 0 Å². The van der Waals surface area contributed by atoms with E-state index < -0.39 is 0 Å². The lowest BCUT2D eigenvalue weighted by molar-refractivity contribution is -0.143. The molecule has 0 radical (unpaired) electrons. The molecular formula is C21H27NO2. The van der Waals surface area contributed by atoms with Crippen molar-refractivity contribution in [3.8, 4) is 0 Å². The van der Waals surface area contributed by atoms with Gasteiger partial charge in [0, 0.05) is 30.1 Å². The van der Waals surface area contributed by atoms with Gasteiger partial charge in [0.2, 0.25) is 0 Å². The summed E-state index contributed by atoms with van der Waals surface area (Å²) in [5.41, 5.74) is 2.83. The van der Waals surface area contributed by atoms with Crippen molar-refractivity contribution in [3.05, 3.63) is 42.0 Å². The van der Waals surface area contributed by atoms with Gasteiger partial charge in [0.15, 0.2) is 0 Å². The van der Waals surface area contributed by atoms with Gasteiger partial charge in [-0.05, 0) is 42.7 Å². The molecule has 0 N–H and O–H groups in total. The van der Waals surface area contributed by atoms with Crippen molar-refractivity contribution in [2.45, 2.75) is 52.0 Å². The largest absolute Gasteiger partial charge is 0.466 e. The molecular weight excluding hydrogens is 298 g/mol. The van der Waals surface area contributed by atoms with Gasteiger partial charge in [0.25, 0.3) is 0 Å². The first-order valence-corrected chi connectivity index (χ1v) is 8.91. The Morgan fingerprint density at radius 3 is 2.71 bits per heavy atom. The zero-order valence-electron chi connectivity index (χ0n) is 15.1. The lowest BCUT2D eigenvalue weighted by atomic mass is 9.79. The van der Waals surface area contributed by atoms with E-state index in [4.69, 9.17) is 4.74 Å². The van der Waals surface area contributed by atoms with Crippen LogP contribution in [0.15, 0.2) is 36.4 Å². The maximum Gasteiger partial charge on any atom is 0.305 e. The summed E-state index contributed by atoms with van der Waals surface area (Å²) in [6, 6.07) is 13.5. The number of carbonyl (C=O) groups is 1. The van der Waals surface area contributed by atoms with Crippen molar-refractivity contribution in [3.63, 3.8) is 0 Å². The van der Waals surface area contributed by atoms with E-state index in [-0.39, 0.29) is 11.4 Å². The fourth-order valence-electron chi connectivity index (χ4n) is 3.92. The molecule has 0 fully saturated rings. The quantitative estimate of drug-likeness (QED) is 0.748. The second kappa shape index (κ2) is 6.46. The van der Waals surface area contributed by atoms with E-state index in [1.165, 1.54) is 22.0 Å². The topological polar surface area (TPSA) is 29.5 Å². The summed E-state index contributed by atoms with van der Waals surface area (Å²) in [5, 5.41) is 2.64. The maximum absolute atomic E-state index is 11.6. The van der Waals surface area contributed by atoms with Crippen LogP contribution in [0.3, 0.4) is 0 Å². The third-order valence-electron chi connectivity index (χ3n) is 5.46. The van der Waals surface area contributed by atoms with E-state index in [0.717, 1.165) is 13.0 Å². The predicted molar refractivity (Wildman–Crippen MR) is 99.6 cm³/mol. The molecule has 0 spiro atoms. The van der Waals surface area contributed by atoms with E-state index in [1.807, 2.05) is 6.92 Å². The average Bonchev–Trinajstić information content (AvgIpc) is 2.76. The van der Waals surface area contributed by atoms with Gasteiger partial charge < -0.3 is 9.64 Å². The van der Waals surface area contributed by atoms with Gasteiger partial charge in [0.1, 0.15) is 0 Å². The summed E-state index contributed by atoms with van der Waals surface area (Å²) in [5.74, 6) is -0.0951. The molecule has 0 bridgehead atoms. The SMILES string of the molecule is CCOC(=O)CCCN1c2ccc3ccccc3c2C(C)(C)C1C. The highest BCUT2D eigenvalue weighted by Gasteiger charge is 2.42. The first-order valence-electron chi connectivity index (χ1n) is 8.91. The van der Waals surface area contributed by atoms with Gasteiger partial charge in [-0.15, -0.1) is 0 Å². The molecule has 1 aliphatic rings. The van der Waals surface area contributed by atoms with E-state index in [0.29, 0.717) is 19.1 Å². The fourth-order valence-corrected chi connectivity index (χ4v) is 3.92. The van der Waals surface area contributed by atoms with Gasteiger partial charge >= 0.3 is 5.97 Å². The first kappa shape index (κ1) is 16.8. The van der Waals surface area contributed by atoms with Crippen LogP contribution in [0.1, 0.15) is 46.1 Å². The van der Waals surface area contributed by atoms with E-state index in [9.17, 15) is 4.79 Å².